The van der Waals surface area contributed by atoms with Crippen molar-refractivity contribution in [3.8, 4) is 0 Å². The lowest BCUT2D eigenvalue weighted by Crippen LogP contribution is -2.30. The van der Waals surface area contributed by atoms with Crippen molar-refractivity contribution in [2.24, 2.45) is 5.84 Å². The molecule has 70 valence electrons. The summed E-state index contributed by atoms with van der Waals surface area (Å²) in [5.41, 5.74) is 2.10. The van der Waals surface area contributed by atoms with Gasteiger partial charge in [0.05, 0.1) is 0 Å². The maximum absolute atomic E-state index is 10.8. The number of carbonyl (C=O) groups excluding carboxylic acids is 1. The Labute approximate surface area is 81.7 Å². The SMILES string of the molecule is NNC(=O)CCSc1ccccc1. The van der Waals surface area contributed by atoms with E-state index in [1.54, 1.807) is 11.8 Å². The van der Waals surface area contributed by atoms with E-state index in [1.165, 1.54) is 4.90 Å². The Morgan fingerprint density at radius 1 is 1.38 bits per heavy atom. The normalized spacial score (nSPS) is 9.62. The fraction of sp³-hybridized carbons (Fsp3) is 0.222. The van der Waals surface area contributed by atoms with Crippen molar-refractivity contribution in [2.45, 2.75) is 11.3 Å². The number of hydrazine groups is 1. The molecule has 0 heterocycles. The van der Waals surface area contributed by atoms with Gasteiger partial charge < -0.3 is 0 Å². The summed E-state index contributed by atoms with van der Waals surface area (Å²) >= 11 is 1.65. The minimum Gasteiger partial charge on any atom is -0.294 e. The number of nitrogens with one attached hydrogen (secondary N) is 1. The molecule has 0 unspecified atom stereocenters. The first-order valence-corrected chi connectivity index (χ1v) is 4.99. The zero-order chi connectivity index (χ0) is 9.52. The van der Waals surface area contributed by atoms with E-state index in [9.17, 15) is 4.79 Å². The van der Waals surface area contributed by atoms with E-state index in [2.05, 4.69) is 5.43 Å². The minimum absolute atomic E-state index is 0.122. The summed E-state index contributed by atoms with van der Waals surface area (Å²) in [5.74, 6) is 5.58. The molecule has 0 aliphatic heterocycles. The zero-order valence-corrected chi connectivity index (χ0v) is 8.01. The molecule has 1 aromatic rings. The van der Waals surface area contributed by atoms with Crippen LogP contribution in [0, 0.1) is 0 Å². The molecule has 0 aliphatic rings. The zero-order valence-electron chi connectivity index (χ0n) is 7.19. The van der Waals surface area contributed by atoms with Gasteiger partial charge in [0.15, 0.2) is 0 Å². The Kier molecular flexibility index (Phi) is 4.35. The first-order chi connectivity index (χ1) is 6.33. The molecule has 0 spiro atoms. The third-order valence-electron chi connectivity index (χ3n) is 1.50. The molecule has 0 saturated carbocycles. The van der Waals surface area contributed by atoms with Crippen LogP contribution in [0.2, 0.25) is 0 Å². The lowest BCUT2D eigenvalue weighted by molar-refractivity contribution is -0.120. The van der Waals surface area contributed by atoms with Crippen molar-refractivity contribution in [3.63, 3.8) is 0 Å². The largest absolute Gasteiger partial charge is 0.294 e. The van der Waals surface area contributed by atoms with Crippen LogP contribution in [-0.4, -0.2) is 11.7 Å². The molecule has 0 bridgehead atoms. The van der Waals surface area contributed by atoms with E-state index >= 15 is 0 Å². The topological polar surface area (TPSA) is 55.1 Å². The highest BCUT2D eigenvalue weighted by atomic mass is 32.2. The Hall–Kier alpha value is -1.00. The standard InChI is InChI=1S/C9H12N2OS/c10-11-9(12)6-7-13-8-4-2-1-3-5-8/h1-5H,6-7,10H2,(H,11,12). The van der Waals surface area contributed by atoms with E-state index in [4.69, 9.17) is 5.84 Å². The Bertz CT molecular complexity index is 264. The van der Waals surface area contributed by atoms with Crippen LogP contribution in [0.5, 0.6) is 0 Å². The van der Waals surface area contributed by atoms with Crippen LogP contribution in [0.25, 0.3) is 0 Å². The Balaban J connectivity index is 2.24. The molecule has 0 saturated heterocycles. The molecule has 1 rings (SSSR count). The van der Waals surface area contributed by atoms with Gasteiger partial charge in [-0.3, -0.25) is 10.2 Å². The Morgan fingerprint density at radius 3 is 2.69 bits per heavy atom. The van der Waals surface area contributed by atoms with Crippen LogP contribution in [0.3, 0.4) is 0 Å². The molecule has 0 atom stereocenters. The van der Waals surface area contributed by atoms with Gasteiger partial charge in [-0.2, -0.15) is 0 Å². The highest BCUT2D eigenvalue weighted by Crippen LogP contribution is 2.17. The second-order valence-electron chi connectivity index (χ2n) is 2.48. The molecule has 1 aromatic carbocycles. The molecule has 0 aliphatic carbocycles. The molecule has 13 heavy (non-hydrogen) atoms. The summed E-state index contributed by atoms with van der Waals surface area (Å²) in [6, 6.07) is 9.96. The Morgan fingerprint density at radius 2 is 2.08 bits per heavy atom. The van der Waals surface area contributed by atoms with E-state index in [1.807, 2.05) is 30.3 Å². The maximum Gasteiger partial charge on any atom is 0.234 e. The van der Waals surface area contributed by atoms with Gasteiger partial charge in [0.25, 0.3) is 0 Å². The molecular weight excluding hydrogens is 184 g/mol. The van der Waals surface area contributed by atoms with Crippen LogP contribution in [0.4, 0.5) is 0 Å². The van der Waals surface area contributed by atoms with Gasteiger partial charge in [-0.25, -0.2) is 5.84 Å². The van der Waals surface area contributed by atoms with E-state index < -0.39 is 0 Å². The maximum atomic E-state index is 10.8. The van der Waals surface area contributed by atoms with Gasteiger partial charge in [-0.15, -0.1) is 11.8 Å². The smallest absolute Gasteiger partial charge is 0.234 e. The lowest BCUT2D eigenvalue weighted by Gasteiger charge is -1.99. The fourth-order valence-electron chi connectivity index (χ4n) is 0.850. The fourth-order valence-corrected chi connectivity index (χ4v) is 1.72. The van der Waals surface area contributed by atoms with Gasteiger partial charge in [0, 0.05) is 17.1 Å². The summed E-state index contributed by atoms with van der Waals surface area (Å²) in [6.45, 7) is 0. The molecule has 4 heteroatoms. The highest BCUT2D eigenvalue weighted by Gasteiger charge is 1.98. The molecule has 3 N–H and O–H groups in total. The van der Waals surface area contributed by atoms with Crippen LogP contribution in [-0.2, 0) is 4.79 Å². The number of thioether (sulfide) groups is 1. The third-order valence-corrected chi connectivity index (χ3v) is 2.52. The summed E-state index contributed by atoms with van der Waals surface area (Å²) < 4.78 is 0. The molecule has 3 nitrogen and oxygen atoms in total. The number of amides is 1. The molecule has 0 aromatic heterocycles. The average Bonchev–Trinajstić information content (AvgIpc) is 2.19. The summed E-state index contributed by atoms with van der Waals surface area (Å²) in [4.78, 5) is 11.9. The van der Waals surface area contributed by atoms with Crippen molar-refractivity contribution >= 4 is 17.7 Å². The van der Waals surface area contributed by atoms with Crippen molar-refractivity contribution < 1.29 is 4.79 Å². The second-order valence-corrected chi connectivity index (χ2v) is 3.65. The van der Waals surface area contributed by atoms with E-state index in [0.29, 0.717) is 6.42 Å². The minimum atomic E-state index is -0.122. The van der Waals surface area contributed by atoms with Gasteiger partial charge in [0.2, 0.25) is 5.91 Å². The van der Waals surface area contributed by atoms with Crippen LogP contribution < -0.4 is 11.3 Å². The van der Waals surface area contributed by atoms with E-state index in [-0.39, 0.29) is 5.91 Å². The van der Waals surface area contributed by atoms with Gasteiger partial charge >= 0.3 is 0 Å². The van der Waals surface area contributed by atoms with Crippen LogP contribution >= 0.6 is 11.8 Å². The van der Waals surface area contributed by atoms with Gasteiger partial charge in [-0.05, 0) is 12.1 Å². The molecular formula is C9H12N2OS. The van der Waals surface area contributed by atoms with Crippen molar-refractivity contribution in [1.82, 2.24) is 5.43 Å². The average molecular weight is 196 g/mol. The predicted octanol–water partition coefficient (Wildman–Crippen LogP) is 1.16. The van der Waals surface area contributed by atoms with Gasteiger partial charge in [0.1, 0.15) is 0 Å². The van der Waals surface area contributed by atoms with Crippen molar-refractivity contribution in [2.75, 3.05) is 5.75 Å². The first-order valence-electron chi connectivity index (χ1n) is 4.00. The molecule has 0 fully saturated rings. The van der Waals surface area contributed by atoms with Crippen LogP contribution in [0.15, 0.2) is 35.2 Å². The molecule has 1 amide bonds. The second kappa shape index (κ2) is 5.61. The number of benzene rings is 1. The predicted molar refractivity (Wildman–Crippen MR) is 54.1 cm³/mol. The van der Waals surface area contributed by atoms with Crippen molar-refractivity contribution in [3.05, 3.63) is 30.3 Å². The third kappa shape index (κ3) is 3.96. The summed E-state index contributed by atoms with van der Waals surface area (Å²) in [5, 5.41) is 0. The summed E-state index contributed by atoms with van der Waals surface area (Å²) in [7, 11) is 0. The molecule has 0 radical (unpaired) electrons. The highest BCUT2D eigenvalue weighted by molar-refractivity contribution is 7.99. The monoisotopic (exact) mass is 196 g/mol. The number of rotatable bonds is 4. The quantitative estimate of drug-likeness (QED) is 0.329. The lowest BCUT2D eigenvalue weighted by atomic mass is 10.4. The number of nitrogens with two attached hydrogens (primary N) is 1. The summed E-state index contributed by atoms with van der Waals surface area (Å²) in [6.07, 6.45) is 0.454. The van der Waals surface area contributed by atoms with Crippen molar-refractivity contribution in [1.29, 1.82) is 0 Å². The van der Waals surface area contributed by atoms with Crippen LogP contribution in [0.1, 0.15) is 6.42 Å². The number of carbonyl (C=O) groups is 1. The van der Waals surface area contributed by atoms with E-state index in [0.717, 1.165) is 5.75 Å². The first kappa shape index (κ1) is 10.1. The number of hydrogen-bond acceptors (Lipinski definition) is 3. The number of hydrogen-bond donors (Lipinski definition) is 2. The van der Waals surface area contributed by atoms with Gasteiger partial charge in [-0.1, -0.05) is 18.2 Å².